The molecule has 0 amide bonds. The summed E-state index contributed by atoms with van der Waals surface area (Å²) in [4.78, 5) is 19.1. The molecule has 0 saturated carbocycles. The third-order valence-corrected chi connectivity index (χ3v) is 2.69. The van der Waals surface area contributed by atoms with Gasteiger partial charge in [-0.25, -0.2) is 4.98 Å². The van der Waals surface area contributed by atoms with Gasteiger partial charge in [0.15, 0.2) is 0 Å². The lowest BCUT2D eigenvalue weighted by molar-refractivity contribution is 0.763. The van der Waals surface area contributed by atoms with E-state index in [0.29, 0.717) is 17.1 Å². The van der Waals surface area contributed by atoms with E-state index in [0.717, 1.165) is 5.56 Å². The summed E-state index contributed by atoms with van der Waals surface area (Å²) >= 11 is 0. The summed E-state index contributed by atoms with van der Waals surface area (Å²) in [5.41, 5.74) is 2.13. The predicted molar refractivity (Wildman–Crippen MR) is 65.9 cm³/mol. The van der Waals surface area contributed by atoms with Crippen LogP contribution in [0.5, 0.6) is 0 Å². The van der Waals surface area contributed by atoms with Crippen molar-refractivity contribution in [3.8, 4) is 11.3 Å². The Bertz CT molecular complexity index is 595. The molecule has 90 valence electrons. The minimum absolute atomic E-state index is 0.0810. The number of hydrogen-bond acceptors (Lipinski definition) is 3. The Kier molecular flexibility index (Phi) is 2.83. The number of aryl methyl sites for hydroxylation is 1. The van der Waals surface area contributed by atoms with Gasteiger partial charge in [0, 0.05) is 30.3 Å². The molecule has 0 aromatic carbocycles. The molecule has 0 aliphatic carbocycles. The van der Waals surface area contributed by atoms with Gasteiger partial charge in [-0.05, 0) is 6.92 Å². The van der Waals surface area contributed by atoms with Crippen LogP contribution < -0.4 is 5.56 Å². The molecular weight excluding hydrogens is 216 g/mol. The SMILES string of the molecule is Cc1c(-c2cnn(C)c2)nc(C(C)C)[nH]c1=O. The minimum atomic E-state index is -0.0810. The summed E-state index contributed by atoms with van der Waals surface area (Å²) in [6.07, 6.45) is 3.58. The standard InChI is InChI=1S/C12H16N4O/c1-7(2)11-14-10(8(3)12(17)15-11)9-5-13-16(4)6-9/h5-7H,1-4H3,(H,14,15,17). The van der Waals surface area contributed by atoms with Gasteiger partial charge >= 0.3 is 0 Å². The fourth-order valence-electron chi connectivity index (χ4n) is 1.65. The third-order valence-electron chi connectivity index (χ3n) is 2.69. The van der Waals surface area contributed by atoms with Crippen molar-refractivity contribution in [2.24, 2.45) is 7.05 Å². The number of hydrogen-bond donors (Lipinski definition) is 1. The Morgan fingerprint density at radius 2 is 2.12 bits per heavy atom. The second kappa shape index (κ2) is 4.16. The van der Waals surface area contributed by atoms with Gasteiger partial charge in [0.05, 0.1) is 11.9 Å². The number of aromatic nitrogens is 4. The molecule has 0 aliphatic rings. The summed E-state index contributed by atoms with van der Waals surface area (Å²) in [6, 6.07) is 0. The van der Waals surface area contributed by atoms with Gasteiger partial charge in [-0.3, -0.25) is 9.48 Å². The van der Waals surface area contributed by atoms with E-state index in [1.165, 1.54) is 0 Å². The van der Waals surface area contributed by atoms with E-state index in [1.54, 1.807) is 17.8 Å². The molecule has 2 rings (SSSR count). The van der Waals surface area contributed by atoms with Gasteiger partial charge in [0.25, 0.3) is 5.56 Å². The lowest BCUT2D eigenvalue weighted by Crippen LogP contribution is -2.16. The van der Waals surface area contributed by atoms with Crippen LogP contribution in [0, 0.1) is 6.92 Å². The van der Waals surface area contributed by atoms with Crippen LogP contribution in [0.15, 0.2) is 17.2 Å². The third kappa shape index (κ3) is 2.13. The van der Waals surface area contributed by atoms with Crippen LogP contribution in [0.4, 0.5) is 0 Å². The Morgan fingerprint density at radius 3 is 2.65 bits per heavy atom. The predicted octanol–water partition coefficient (Wildman–Crippen LogP) is 1.60. The van der Waals surface area contributed by atoms with Crippen LogP contribution >= 0.6 is 0 Å². The van der Waals surface area contributed by atoms with Crippen molar-refractivity contribution >= 4 is 0 Å². The highest BCUT2D eigenvalue weighted by Crippen LogP contribution is 2.19. The molecule has 0 saturated heterocycles. The zero-order valence-corrected chi connectivity index (χ0v) is 10.5. The maximum absolute atomic E-state index is 11.8. The van der Waals surface area contributed by atoms with Crippen molar-refractivity contribution < 1.29 is 0 Å². The van der Waals surface area contributed by atoms with E-state index < -0.39 is 0 Å². The first-order chi connectivity index (χ1) is 7.99. The molecule has 0 bridgehead atoms. The van der Waals surface area contributed by atoms with E-state index in [-0.39, 0.29) is 11.5 Å². The first-order valence-corrected chi connectivity index (χ1v) is 5.59. The van der Waals surface area contributed by atoms with Crippen molar-refractivity contribution in [3.63, 3.8) is 0 Å². The Hall–Kier alpha value is -1.91. The summed E-state index contributed by atoms with van der Waals surface area (Å²) in [7, 11) is 1.84. The zero-order valence-electron chi connectivity index (χ0n) is 10.5. The Balaban J connectivity index is 2.64. The quantitative estimate of drug-likeness (QED) is 0.855. The highest BCUT2D eigenvalue weighted by Gasteiger charge is 2.12. The number of H-pyrrole nitrogens is 1. The number of aromatic amines is 1. The van der Waals surface area contributed by atoms with E-state index >= 15 is 0 Å². The van der Waals surface area contributed by atoms with Crippen molar-refractivity contribution in [1.29, 1.82) is 0 Å². The van der Waals surface area contributed by atoms with Crippen LogP contribution in [-0.4, -0.2) is 19.7 Å². The van der Waals surface area contributed by atoms with Gasteiger partial charge in [0.1, 0.15) is 5.82 Å². The van der Waals surface area contributed by atoms with Gasteiger partial charge in [0.2, 0.25) is 0 Å². The topological polar surface area (TPSA) is 63.6 Å². The maximum atomic E-state index is 11.8. The Labute approximate surface area is 99.5 Å². The molecule has 0 fully saturated rings. The van der Waals surface area contributed by atoms with Gasteiger partial charge in [-0.1, -0.05) is 13.8 Å². The highest BCUT2D eigenvalue weighted by atomic mass is 16.1. The fraction of sp³-hybridized carbons (Fsp3) is 0.417. The van der Waals surface area contributed by atoms with Crippen LogP contribution in [0.25, 0.3) is 11.3 Å². The van der Waals surface area contributed by atoms with Crippen molar-refractivity contribution in [2.75, 3.05) is 0 Å². The molecule has 5 heteroatoms. The molecule has 2 aromatic heterocycles. The van der Waals surface area contributed by atoms with Gasteiger partial charge < -0.3 is 4.98 Å². The summed E-state index contributed by atoms with van der Waals surface area (Å²) in [5.74, 6) is 0.901. The van der Waals surface area contributed by atoms with Crippen LogP contribution in [0.3, 0.4) is 0 Å². The second-order valence-corrected chi connectivity index (χ2v) is 4.48. The molecule has 0 atom stereocenters. The molecule has 0 unspecified atom stereocenters. The largest absolute Gasteiger partial charge is 0.310 e. The molecule has 0 aliphatic heterocycles. The highest BCUT2D eigenvalue weighted by molar-refractivity contribution is 5.60. The van der Waals surface area contributed by atoms with Crippen LogP contribution in [0.1, 0.15) is 31.2 Å². The number of rotatable bonds is 2. The molecule has 0 spiro atoms. The van der Waals surface area contributed by atoms with Crippen LogP contribution in [0.2, 0.25) is 0 Å². The maximum Gasteiger partial charge on any atom is 0.254 e. The minimum Gasteiger partial charge on any atom is -0.310 e. The second-order valence-electron chi connectivity index (χ2n) is 4.48. The van der Waals surface area contributed by atoms with Crippen molar-refractivity contribution in [1.82, 2.24) is 19.7 Å². The molecule has 2 aromatic rings. The molecule has 5 nitrogen and oxygen atoms in total. The van der Waals surface area contributed by atoms with E-state index in [9.17, 15) is 4.79 Å². The molecule has 1 N–H and O–H groups in total. The number of nitrogens with zero attached hydrogens (tertiary/aromatic N) is 3. The van der Waals surface area contributed by atoms with Crippen molar-refractivity contribution in [3.05, 3.63) is 34.1 Å². The summed E-state index contributed by atoms with van der Waals surface area (Å²) < 4.78 is 1.70. The lowest BCUT2D eigenvalue weighted by Gasteiger charge is -2.08. The van der Waals surface area contributed by atoms with Crippen molar-refractivity contribution in [2.45, 2.75) is 26.7 Å². The van der Waals surface area contributed by atoms with E-state index in [1.807, 2.05) is 27.1 Å². The lowest BCUT2D eigenvalue weighted by atomic mass is 10.1. The fourth-order valence-corrected chi connectivity index (χ4v) is 1.65. The average molecular weight is 232 g/mol. The average Bonchev–Trinajstić information content (AvgIpc) is 2.68. The monoisotopic (exact) mass is 232 g/mol. The normalized spacial score (nSPS) is 11.1. The zero-order chi connectivity index (χ0) is 12.6. The van der Waals surface area contributed by atoms with Crippen LogP contribution in [-0.2, 0) is 7.05 Å². The summed E-state index contributed by atoms with van der Waals surface area (Å²) in [6.45, 7) is 5.78. The van der Waals surface area contributed by atoms with Gasteiger partial charge in [-0.15, -0.1) is 0 Å². The smallest absolute Gasteiger partial charge is 0.254 e. The van der Waals surface area contributed by atoms with Gasteiger partial charge in [-0.2, -0.15) is 5.10 Å². The molecular formula is C12H16N4O. The molecule has 0 radical (unpaired) electrons. The summed E-state index contributed by atoms with van der Waals surface area (Å²) in [5, 5.41) is 4.10. The molecule has 2 heterocycles. The Morgan fingerprint density at radius 1 is 1.41 bits per heavy atom. The first-order valence-electron chi connectivity index (χ1n) is 5.59. The first kappa shape index (κ1) is 11.6. The molecule has 17 heavy (non-hydrogen) atoms. The van der Waals surface area contributed by atoms with E-state index in [2.05, 4.69) is 15.1 Å². The number of nitrogens with one attached hydrogen (secondary N) is 1. The van der Waals surface area contributed by atoms with E-state index in [4.69, 9.17) is 0 Å².